The van der Waals surface area contributed by atoms with Crippen LogP contribution in [0.2, 0.25) is 19.6 Å². The second-order valence-corrected chi connectivity index (χ2v) is 10.3. The van der Waals surface area contributed by atoms with E-state index in [1.807, 2.05) is 19.2 Å². The molecule has 0 heterocycles. The number of carboxylic acid groups (broad SMARTS) is 1. The normalized spacial score (nSPS) is 13.5. The van der Waals surface area contributed by atoms with Crippen molar-refractivity contribution in [2.75, 3.05) is 7.05 Å². The summed E-state index contributed by atoms with van der Waals surface area (Å²) in [5.41, 5.74) is 1.47. The van der Waals surface area contributed by atoms with Gasteiger partial charge in [0.15, 0.2) is 0 Å². The van der Waals surface area contributed by atoms with E-state index in [2.05, 4.69) is 25.0 Å². The summed E-state index contributed by atoms with van der Waals surface area (Å²) >= 11 is 0. The third-order valence-corrected chi connectivity index (χ3v) is 4.99. The second kappa shape index (κ2) is 4.80. The molecule has 4 heteroatoms. The Labute approximate surface area is 97.5 Å². The van der Waals surface area contributed by atoms with Gasteiger partial charge in [-0.2, -0.15) is 0 Å². The van der Waals surface area contributed by atoms with Crippen LogP contribution in [-0.2, 0) is 0 Å². The van der Waals surface area contributed by atoms with Gasteiger partial charge in [-0.05, 0) is 18.7 Å². The van der Waals surface area contributed by atoms with Crippen molar-refractivity contribution in [1.29, 1.82) is 0 Å². The highest BCUT2D eigenvalue weighted by Gasteiger charge is 2.29. The standard InChI is InChI=1S/C12H19NO2Si/c1-13-11(16(2,3)4)9-7-5-6-8-10(9)12(14)15/h5-8,11,13H,1-4H3,(H,14,15). The maximum Gasteiger partial charge on any atom is 0.336 e. The number of hydrogen-bond acceptors (Lipinski definition) is 2. The Kier molecular flexibility index (Phi) is 3.88. The molecule has 0 aliphatic carbocycles. The zero-order valence-corrected chi connectivity index (χ0v) is 11.2. The maximum absolute atomic E-state index is 11.2. The van der Waals surface area contributed by atoms with Crippen LogP contribution in [0.1, 0.15) is 21.6 Å². The molecule has 1 aromatic carbocycles. The van der Waals surface area contributed by atoms with Crippen LogP contribution >= 0.6 is 0 Å². The van der Waals surface area contributed by atoms with Crippen LogP contribution in [0.25, 0.3) is 0 Å². The minimum atomic E-state index is -1.48. The molecule has 0 bridgehead atoms. The van der Waals surface area contributed by atoms with Crippen LogP contribution in [0.15, 0.2) is 24.3 Å². The maximum atomic E-state index is 11.2. The molecule has 1 aromatic rings. The predicted molar refractivity (Wildman–Crippen MR) is 68.5 cm³/mol. The quantitative estimate of drug-likeness (QED) is 0.791. The number of aromatic carboxylic acids is 1. The van der Waals surface area contributed by atoms with Crippen LogP contribution in [0.5, 0.6) is 0 Å². The number of rotatable bonds is 4. The molecule has 1 atom stereocenters. The van der Waals surface area contributed by atoms with E-state index in [0.29, 0.717) is 5.56 Å². The molecule has 0 radical (unpaired) electrons. The first-order chi connectivity index (χ1) is 7.38. The van der Waals surface area contributed by atoms with Crippen LogP contribution in [-0.4, -0.2) is 26.2 Å². The summed E-state index contributed by atoms with van der Waals surface area (Å²) in [5, 5.41) is 12.4. The van der Waals surface area contributed by atoms with Gasteiger partial charge in [0.2, 0.25) is 0 Å². The summed E-state index contributed by atoms with van der Waals surface area (Å²) in [5.74, 6) is -0.853. The fraction of sp³-hybridized carbons (Fsp3) is 0.417. The number of hydrogen-bond donors (Lipinski definition) is 2. The Morgan fingerprint density at radius 3 is 2.31 bits per heavy atom. The van der Waals surface area contributed by atoms with Crippen molar-refractivity contribution in [1.82, 2.24) is 5.32 Å². The molecule has 0 saturated heterocycles. The Hall–Kier alpha value is -1.13. The highest BCUT2D eigenvalue weighted by Crippen LogP contribution is 2.26. The van der Waals surface area contributed by atoms with Gasteiger partial charge < -0.3 is 10.4 Å². The Morgan fingerprint density at radius 1 is 1.31 bits per heavy atom. The fourth-order valence-electron chi connectivity index (χ4n) is 2.00. The summed E-state index contributed by atoms with van der Waals surface area (Å²) in [6.45, 7) is 6.69. The second-order valence-electron chi connectivity index (χ2n) is 4.98. The van der Waals surface area contributed by atoms with Gasteiger partial charge in [0, 0.05) is 5.67 Å². The first-order valence-electron chi connectivity index (χ1n) is 5.37. The molecular weight excluding hydrogens is 218 g/mol. The van der Waals surface area contributed by atoms with Gasteiger partial charge in [-0.3, -0.25) is 0 Å². The summed E-state index contributed by atoms with van der Waals surface area (Å²) < 4.78 is 0. The molecule has 0 aliphatic heterocycles. The van der Waals surface area contributed by atoms with Gasteiger partial charge in [0.25, 0.3) is 0 Å². The van der Waals surface area contributed by atoms with E-state index >= 15 is 0 Å². The Bertz CT molecular complexity index is 385. The van der Waals surface area contributed by atoms with Crippen molar-refractivity contribution in [3.8, 4) is 0 Å². The zero-order valence-electron chi connectivity index (χ0n) is 10.2. The SMILES string of the molecule is CNC(c1ccccc1C(=O)O)[Si](C)(C)C. The van der Waals surface area contributed by atoms with Gasteiger partial charge in [-0.25, -0.2) is 4.79 Å². The van der Waals surface area contributed by atoms with Gasteiger partial charge in [-0.15, -0.1) is 0 Å². The zero-order chi connectivity index (χ0) is 12.3. The van der Waals surface area contributed by atoms with E-state index in [1.54, 1.807) is 12.1 Å². The highest BCUT2D eigenvalue weighted by atomic mass is 28.3. The average Bonchev–Trinajstić information content (AvgIpc) is 2.17. The summed E-state index contributed by atoms with van der Waals surface area (Å²) in [4.78, 5) is 11.2. The largest absolute Gasteiger partial charge is 0.478 e. The van der Waals surface area contributed by atoms with Gasteiger partial charge in [-0.1, -0.05) is 37.8 Å². The molecule has 0 fully saturated rings. The molecule has 0 saturated carbocycles. The molecule has 0 aliphatic rings. The lowest BCUT2D eigenvalue weighted by Gasteiger charge is -2.30. The Balaban J connectivity index is 3.25. The van der Waals surface area contributed by atoms with Crippen molar-refractivity contribution in [3.63, 3.8) is 0 Å². The minimum Gasteiger partial charge on any atom is -0.478 e. The van der Waals surface area contributed by atoms with E-state index in [1.165, 1.54) is 0 Å². The van der Waals surface area contributed by atoms with E-state index < -0.39 is 14.0 Å². The number of nitrogens with one attached hydrogen (secondary N) is 1. The van der Waals surface area contributed by atoms with E-state index in [0.717, 1.165) is 5.56 Å². The van der Waals surface area contributed by atoms with E-state index in [9.17, 15) is 4.79 Å². The van der Waals surface area contributed by atoms with Gasteiger partial charge in [0.1, 0.15) is 0 Å². The van der Waals surface area contributed by atoms with E-state index in [4.69, 9.17) is 5.11 Å². The van der Waals surface area contributed by atoms with Gasteiger partial charge in [0.05, 0.1) is 13.6 Å². The molecule has 0 spiro atoms. The highest BCUT2D eigenvalue weighted by molar-refractivity contribution is 6.77. The smallest absolute Gasteiger partial charge is 0.336 e. The lowest BCUT2D eigenvalue weighted by molar-refractivity contribution is 0.0695. The molecule has 0 amide bonds. The number of benzene rings is 1. The molecule has 0 aromatic heterocycles. The lowest BCUT2D eigenvalue weighted by atomic mass is 10.1. The summed E-state index contributed by atoms with van der Waals surface area (Å²) in [6, 6.07) is 7.24. The predicted octanol–water partition coefficient (Wildman–Crippen LogP) is 2.52. The van der Waals surface area contributed by atoms with E-state index in [-0.39, 0.29) is 5.67 Å². The Morgan fingerprint density at radius 2 is 1.88 bits per heavy atom. The van der Waals surface area contributed by atoms with Crippen LogP contribution in [0.3, 0.4) is 0 Å². The fourth-order valence-corrected chi connectivity index (χ4v) is 4.05. The third kappa shape index (κ3) is 2.71. The van der Waals surface area contributed by atoms with Crippen molar-refractivity contribution < 1.29 is 9.90 Å². The number of carbonyl (C=O) groups is 1. The van der Waals surface area contributed by atoms with Crippen molar-refractivity contribution in [2.24, 2.45) is 0 Å². The first-order valence-corrected chi connectivity index (χ1v) is 8.95. The van der Waals surface area contributed by atoms with Crippen molar-refractivity contribution >= 4 is 14.0 Å². The topological polar surface area (TPSA) is 49.3 Å². The van der Waals surface area contributed by atoms with Crippen LogP contribution in [0.4, 0.5) is 0 Å². The average molecular weight is 237 g/mol. The molecule has 3 nitrogen and oxygen atoms in total. The minimum absolute atomic E-state index is 0.166. The summed E-state index contributed by atoms with van der Waals surface area (Å²) in [6.07, 6.45) is 0. The molecule has 1 unspecified atom stereocenters. The molecule has 1 rings (SSSR count). The van der Waals surface area contributed by atoms with Crippen LogP contribution < -0.4 is 5.32 Å². The number of carboxylic acids is 1. The van der Waals surface area contributed by atoms with Gasteiger partial charge >= 0.3 is 5.97 Å². The first kappa shape index (κ1) is 12.9. The van der Waals surface area contributed by atoms with Crippen LogP contribution in [0, 0.1) is 0 Å². The van der Waals surface area contributed by atoms with Crippen molar-refractivity contribution in [2.45, 2.75) is 25.3 Å². The molecular formula is C12H19NO2Si. The monoisotopic (exact) mass is 237 g/mol. The lowest BCUT2D eigenvalue weighted by Crippen LogP contribution is -2.40. The summed E-state index contributed by atoms with van der Waals surface area (Å²) in [7, 11) is 0.411. The molecule has 2 N–H and O–H groups in total. The van der Waals surface area contributed by atoms with Crippen molar-refractivity contribution in [3.05, 3.63) is 35.4 Å². The molecule has 16 heavy (non-hydrogen) atoms. The third-order valence-electron chi connectivity index (χ3n) is 2.66. The molecule has 88 valence electrons.